The molecular formula is C3H7IOS. The zero-order valence-electron chi connectivity index (χ0n) is 3.61. The van der Waals surface area contributed by atoms with Gasteiger partial charge >= 0.3 is 0 Å². The Morgan fingerprint density at radius 3 is 2.67 bits per heavy atom. The van der Waals surface area contributed by atoms with E-state index in [1.54, 1.807) is 0 Å². The molecule has 3 heteroatoms. The van der Waals surface area contributed by atoms with E-state index >= 15 is 0 Å². The van der Waals surface area contributed by atoms with Gasteiger partial charge in [-0.15, -0.1) is 0 Å². The van der Waals surface area contributed by atoms with E-state index < -0.39 is 0 Å². The van der Waals surface area contributed by atoms with Crippen molar-refractivity contribution < 1.29 is 4.18 Å². The van der Waals surface area contributed by atoms with Crippen molar-refractivity contribution >= 4 is 30.4 Å². The molecule has 0 saturated heterocycles. The Balaban J connectivity index is 2.34. The van der Waals surface area contributed by atoms with Crippen LogP contribution >= 0.6 is 30.4 Å². The van der Waals surface area contributed by atoms with Crippen LogP contribution in [0.3, 0.4) is 0 Å². The predicted molar refractivity (Wildman–Crippen MR) is 37.9 cm³/mol. The number of hydrogen-bond donors (Lipinski definition) is 0. The minimum Gasteiger partial charge on any atom is -0.305 e. The van der Waals surface area contributed by atoms with Gasteiger partial charge in [-0.2, -0.15) is 0 Å². The first-order valence-electron chi connectivity index (χ1n) is 1.82. The highest BCUT2D eigenvalue weighted by atomic mass is 127. The second kappa shape index (κ2) is 6.04. The van der Waals surface area contributed by atoms with Gasteiger partial charge in [0.25, 0.3) is 0 Å². The summed E-state index contributed by atoms with van der Waals surface area (Å²) in [5.41, 5.74) is 0. The van der Waals surface area contributed by atoms with Gasteiger partial charge in [0.1, 0.15) is 0 Å². The summed E-state index contributed by atoms with van der Waals surface area (Å²) in [6.07, 6.45) is 1.11. The standard InChI is InChI=1S/C3H7IOS/c1-2-3-5-6-4/h2-3H2,1H3. The van der Waals surface area contributed by atoms with Crippen molar-refractivity contribution in [1.29, 1.82) is 0 Å². The molecular weight excluding hydrogens is 211 g/mol. The average molecular weight is 218 g/mol. The minimum atomic E-state index is 0.869. The molecule has 0 saturated carbocycles. The molecule has 0 aromatic carbocycles. The molecule has 38 valence electrons. The van der Waals surface area contributed by atoms with Crippen LogP contribution in [0.15, 0.2) is 0 Å². The van der Waals surface area contributed by atoms with Gasteiger partial charge in [0, 0.05) is 21.2 Å². The van der Waals surface area contributed by atoms with E-state index in [0.29, 0.717) is 0 Å². The molecule has 0 bridgehead atoms. The lowest BCUT2D eigenvalue weighted by atomic mass is 10.5. The highest BCUT2D eigenvalue weighted by Gasteiger charge is 1.75. The summed E-state index contributed by atoms with van der Waals surface area (Å²) >= 11 is 2.11. The lowest BCUT2D eigenvalue weighted by molar-refractivity contribution is 0.380. The average Bonchev–Trinajstić information content (AvgIpc) is 1.61. The Morgan fingerprint density at radius 2 is 2.50 bits per heavy atom. The molecule has 0 atom stereocenters. The lowest BCUT2D eigenvalue weighted by Crippen LogP contribution is -1.76. The molecule has 0 unspecified atom stereocenters. The first-order valence-corrected chi connectivity index (χ1v) is 5.10. The molecule has 6 heavy (non-hydrogen) atoms. The van der Waals surface area contributed by atoms with Crippen molar-refractivity contribution in [3.05, 3.63) is 0 Å². The van der Waals surface area contributed by atoms with Gasteiger partial charge in [-0.3, -0.25) is 0 Å². The Bertz CT molecular complexity index is 22.8. The van der Waals surface area contributed by atoms with E-state index in [9.17, 15) is 0 Å². The fourth-order valence-electron chi connectivity index (χ4n) is 0.115. The fourth-order valence-corrected chi connectivity index (χ4v) is 0.884. The monoisotopic (exact) mass is 218 g/mol. The normalized spacial score (nSPS) is 9.00. The van der Waals surface area contributed by atoms with Gasteiger partial charge in [-0.25, -0.2) is 0 Å². The second-order valence-corrected chi connectivity index (χ2v) is 2.33. The summed E-state index contributed by atoms with van der Waals surface area (Å²) in [4.78, 5) is 0. The molecule has 0 aromatic rings. The lowest BCUT2D eigenvalue weighted by Gasteiger charge is -1.87. The highest BCUT2D eigenvalue weighted by molar-refractivity contribution is 14.2. The van der Waals surface area contributed by atoms with E-state index in [1.807, 2.05) is 0 Å². The van der Waals surface area contributed by atoms with E-state index in [2.05, 4.69) is 28.1 Å². The quantitative estimate of drug-likeness (QED) is 0.408. The highest BCUT2D eigenvalue weighted by Crippen LogP contribution is 2.11. The Kier molecular flexibility index (Phi) is 7.09. The minimum absolute atomic E-state index is 0.869. The summed E-state index contributed by atoms with van der Waals surface area (Å²) < 4.78 is 4.89. The Labute approximate surface area is 54.6 Å². The molecule has 0 aliphatic heterocycles. The zero-order chi connectivity index (χ0) is 4.83. The molecule has 0 aliphatic rings. The summed E-state index contributed by atoms with van der Waals surface area (Å²) in [6, 6.07) is 0. The molecule has 0 fully saturated rings. The van der Waals surface area contributed by atoms with E-state index in [4.69, 9.17) is 4.18 Å². The first kappa shape index (κ1) is 7.04. The van der Waals surface area contributed by atoms with Gasteiger partial charge in [0.2, 0.25) is 0 Å². The van der Waals surface area contributed by atoms with E-state index in [0.717, 1.165) is 13.0 Å². The van der Waals surface area contributed by atoms with Crippen LogP contribution in [-0.4, -0.2) is 6.61 Å². The molecule has 0 aliphatic carbocycles. The maximum atomic E-state index is 4.89. The molecule has 0 amide bonds. The van der Waals surface area contributed by atoms with Gasteiger partial charge in [-0.1, -0.05) is 6.92 Å². The van der Waals surface area contributed by atoms with Gasteiger partial charge in [-0.05, 0) is 6.42 Å². The van der Waals surface area contributed by atoms with Crippen molar-refractivity contribution in [1.82, 2.24) is 0 Å². The third kappa shape index (κ3) is 5.04. The molecule has 0 heterocycles. The van der Waals surface area contributed by atoms with Gasteiger partial charge < -0.3 is 4.18 Å². The van der Waals surface area contributed by atoms with Gasteiger partial charge in [0.15, 0.2) is 0 Å². The van der Waals surface area contributed by atoms with Crippen LogP contribution in [0.5, 0.6) is 0 Å². The number of hydrogen-bond acceptors (Lipinski definition) is 2. The Hall–Kier alpha value is 1.04. The van der Waals surface area contributed by atoms with Crippen molar-refractivity contribution in [3.63, 3.8) is 0 Å². The summed E-state index contributed by atoms with van der Waals surface area (Å²) in [7, 11) is 1.40. The molecule has 0 aromatic heterocycles. The summed E-state index contributed by atoms with van der Waals surface area (Å²) in [5.74, 6) is 0. The van der Waals surface area contributed by atoms with Crippen molar-refractivity contribution in [2.75, 3.05) is 6.61 Å². The number of rotatable bonds is 3. The van der Waals surface area contributed by atoms with Crippen LogP contribution in [0.4, 0.5) is 0 Å². The predicted octanol–water partition coefficient (Wildman–Crippen LogP) is 2.41. The number of halogens is 1. The largest absolute Gasteiger partial charge is 0.305 e. The maximum absolute atomic E-state index is 4.89. The fraction of sp³-hybridized carbons (Fsp3) is 1.00. The third-order valence-corrected chi connectivity index (χ3v) is 1.35. The van der Waals surface area contributed by atoms with Crippen molar-refractivity contribution in [3.8, 4) is 0 Å². The SMILES string of the molecule is CCCOSI. The molecule has 0 spiro atoms. The Morgan fingerprint density at radius 1 is 1.83 bits per heavy atom. The second-order valence-electron chi connectivity index (χ2n) is 0.885. The third-order valence-electron chi connectivity index (χ3n) is 0.332. The molecule has 0 N–H and O–H groups in total. The van der Waals surface area contributed by atoms with Gasteiger partial charge in [0.05, 0.1) is 15.8 Å². The molecule has 1 nitrogen and oxygen atoms in total. The van der Waals surface area contributed by atoms with E-state index in [1.165, 1.54) is 9.21 Å². The smallest absolute Gasteiger partial charge is 0.0650 e. The first-order chi connectivity index (χ1) is 2.91. The summed E-state index contributed by atoms with van der Waals surface area (Å²) in [6.45, 7) is 2.96. The maximum Gasteiger partial charge on any atom is 0.0650 e. The van der Waals surface area contributed by atoms with Crippen LogP contribution < -0.4 is 0 Å². The molecule has 0 radical (unpaired) electrons. The molecule has 0 rings (SSSR count). The van der Waals surface area contributed by atoms with Crippen LogP contribution in [0, 0.1) is 0 Å². The van der Waals surface area contributed by atoms with E-state index in [-0.39, 0.29) is 0 Å². The van der Waals surface area contributed by atoms with Crippen molar-refractivity contribution in [2.24, 2.45) is 0 Å². The van der Waals surface area contributed by atoms with Crippen LogP contribution in [0.2, 0.25) is 0 Å². The summed E-state index contributed by atoms with van der Waals surface area (Å²) in [5, 5.41) is 0. The van der Waals surface area contributed by atoms with Crippen LogP contribution in [0.25, 0.3) is 0 Å². The topological polar surface area (TPSA) is 9.23 Å². The zero-order valence-corrected chi connectivity index (χ0v) is 6.58. The van der Waals surface area contributed by atoms with Crippen LogP contribution in [0.1, 0.15) is 13.3 Å². The van der Waals surface area contributed by atoms with Crippen molar-refractivity contribution in [2.45, 2.75) is 13.3 Å². The van der Waals surface area contributed by atoms with Crippen LogP contribution in [-0.2, 0) is 4.18 Å².